The van der Waals surface area contributed by atoms with Crippen LogP contribution in [0.1, 0.15) is 106 Å². The van der Waals surface area contributed by atoms with Gasteiger partial charge in [-0.2, -0.15) is 0 Å². The van der Waals surface area contributed by atoms with Gasteiger partial charge >= 0.3 is 5.97 Å². The molecule has 0 aromatic heterocycles. The van der Waals surface area contributed by atoms with Gasteiger partial charge in [-0.15, -0.1) is 0 Å². The van der Waals surface area contributed by atoms with Crippen LogP contribution in [-0.2, 0) is 9.53 Å². The van der Waals surface area contributed by atoms with Crippen molar-refractivity contribution in [3.8, 4) is 0 Å². The van der Waals surface area contributed by atoms with Crippen molar-refractivity contribution >= 4 is 5.97 Å². The van der Waals surface area contributed by atoms with E-state index in [1.54, 1.807) is 0 Å². The topological polar surface area (TPSA) is 46.5 Å². The number of ether oxygens (including phenoxy) is 1. The van der Waals surface area contributed by atoms with Crippen molar-refractivity contribution < 1.29 is 14.6 Å². The largest absolute Gasteiger partial charge is 0.466 e. The Morgan fingerprint density at radius 1 is 1.15 bits per heavy atom. The first kappa shape index (κ1) is 25.3. The van der Waals surface area contributed by atoms with Gasteiger partial charge in [0, 0.05) is 0 Å². The van der Waals surface area contributed by atoms with Gasteiger partial charge in [-0.1, -0.05) is 65.5 Å². The minimum atomic E-state index is -0.148. The number of aliphatic hydroxyl groups excluding tert-OH is 1. The molecule has 0 aromatic rings. The summed E-state index contributed by atoms with van der Waals surface area (Å²) in [5, 5.41) is 10.3. The number of aliphatic hydroxyl groups is 1. The molecule has 3 nitrogen and oxygen atoms in total. The normalized spacial score (nSPS) is 43.3. The van der Waals surface area contributed by atoms with Gasteiger partial charge in [0.05, 0.1) is 18.6 Å². The molecule has 1 unspecified atom stereocenters. The minimum absolute atomic E-state index is 0.0686. The number of hydrogen-bond acceptors (Lipinski definition) is 3. The summed E-state index contributed by atoms with van der Waals surface area (Å²) in [5.74, 6) is 3.91. The lowest BCUT2D eigenvalue weighted by Gasteiger charge is -2.58. The first-order valence-corrected chi connectivity index (χ1v) is 14.2. The Kier molecular flexibility index (Phi) is 7.40. The van der Waals surface area contributed by atoms with Crippen LogP contribution in [0.15, 0.2) is 11.6 Å². The number of carbonyl (C=O) groups excluding carboxylic acids is 1. The summed E-state index contributed by atoms with van der Waals surface area (Å²) >= 11 is 0. The Hall–Kier alpha value is -0.830. The SMILES string of the molecule is CCOC(=O)C1C[C@H]2[C@@H]3CC=C4C[C@@H](O)CC[C@]4(C)[C@H]3CC[C@]2(C)[C@H]1[C@H](C)CCCC(C)C. The molecule has 0 amide bonds. The first-order valence-electron chi connectivity index (χ1n) is 14.2. The molecule has 0 radical (unpaired) electrons. The van der Waals surface area contributed by atoms with Gasteiger partial charge in [-0.25, -0.2) is 0 Å². The van der Waals surface area contributed by atoms with Crippen molar-refractivity contribution in [1.29, 1.82) is 0 Å². The van der Waals surface area contributed by atoms with E-state index in [1.165, 1.54) is 37.7 Å². The third-order valence-electron chi connectivity index (χ3n) is 10.9. The summed E-state index contributed by atoms with van der Waals surface area (Å²) in [5.41, 5.74) is 2.03. The molecule has 188 valence electrons. The molecule has 0 spiro atoms. The Bertz CT molecular complexity index is 741. The zero-order valence-corrected chi connectivity index (χ0v) is 22.2. The summed E-state index contributed by atoms with van der Waals surface area (Å²) < 4.78 is 5.67. The highest BCUT2D eigenvalue weighted by Gasteiger charge is 2.63. The molecular weight excluding hydrogens is 408 g/mol. The molecule has 0 bridgehead atoms. The van der Waals surface area contributed by atoms with Crippen molar-refractivity contribution in [2.24, 2.45) is 52.3 Å². The van der Waals surface area contributed by atoms with Gasteiger partial charge in [0.15, 0.2) is 0 Å². The fraction of sp³-hybridized carbons (Fsp3) is 0.900. The first-order chi connectivity index (χ1) is 15.6. The van der Waals surface area contributed by atoms with Crippen LogP contribution in [-0.4, -0.2) is 23.8 Å². The highest BCUT2D eigenvalue weighted by atomic mass is 16.5. The molecule has 1 N–H and O–H groups in total. The van der Waals surface area contributed by atoms with E-state index in [0.29, 0.717) is 36.2 Å². The second-order valence-corrected chi connectivity index (χ2v) is 13.1. The lowest BCUT2D eigenvalue weighted by atomic mass is 9.47. The molecule has 3 saturated carbocycles. The number of allylic oxidation sites excluding steroid dienone is 1. The maximum Gasteiger partial charge on any atom is 0.309 e. The van der Waals surface area contributed by atoms with Crippen LogP contribution < -0.4 is 0 Å². The van der Waals surface area contributed by atoms with Crippen LogP contribution in [0.3, 0.4) is 0 Å². The van der Waals surface area contributed by atoms with Crippen LogP contribution >= 0.6 is 0 Å². The fourth-order valence-electron chi connectivity index (χ4n) is 9.29. The predicted octanol–water partition coefficient (Wildman–Crippen LogP) is 7.18. The molecule has 0 aliphatic heterocycles. The van der Waals surface area contributed by atoms with Gasteiger partial charge in [0.1, 0.15) is 0 Å². The van der Waals surface area contributed by atoms with Crippen LogP contribution in [0, 0.1) is 52.3 Å². The van der Waals surface area contributed by atoms with Crippen molar-refractivity contribution in [1.82, 2.24) is 0 Å². The minimum Gasteiger partial charge on any atom is -0.466 e. The van der Waals surface area contributed by atoms with Crippen LogP contribution in [0.25, 0.3) is 0 Å². The lowest BCUT2D eigenvalue weighted by Crippen LogP contribution is -2.51. The van der Waals surface area contributed by atoms with Crippen molar-refractivity contribution in [3.05, 3.63) is 11.6 Å². The number of esters is 1. The lowest BCUT2D eigenvalue weighted by molar-refractivity contribution is -0.151. The number of rotatable bonds is 7. The Morgan fingerprint density at radius 2 is 1.91 bits per heavy atom. The van der Waals surface area contributed by atoms with Gasteiger partial charge in [0.2, 0.25) is 0 Å². The van der Waals surface area contributed by atoms with E-state index in [2.05, 4.69) is 40.7 Å². The van der Waals surface area contributed by atoms with Gasteiger partial charge < -0.3 is 9.84 Å². The van der Waals surface area contributed by atoms with E-state index in [9.17, 15) is 9.90 Å². The molecular formula is C30H50O3. The molecule has 3 heteroatoms. The van der Waals surface area contributed by atoms with E-state index in [0.717, 1.165) is 38.0 Å². The van der Waals surface area contributed by atoms with E-state index in [1.807, 2.05) is 6.92 Å². The molecule has 0 aromatic carbocycles. The average molecular weight is 459 g/mol. The molecule has 33 heavy (non-hydrogen) atoms. The quantitative estimate of drug-likeness (QED) is 0.325. The fourth-order valence-corrected chi connectivity index (χ4v) is 9.29. The van der Waals surface area contributed by atoms with Gasteiger partial charge in [0.25, 0.3) is 0 Å². The highest BCUT2D eigenvalue weighted by molar-refractivity contribution is 5.73. The maximum absolute atomic E-state index is 13.3. The summed E-state index contributed by atoms with van der Waals surface area (Å²) in [6, 6.07) is 0. The van der Waals surface area contributed by atoms with E-state index in [4.69, 9.17) is 4.74 Å². The molecule has 4 rings (SSSR count). The zero-order valence-electron chi connectivity index (χ0n) is 22.2. The Morgan fingerprint density at radius 3 is 2.61 bits per heavy atom. The van der Waals surface area contributed by atoms with Crippen LogP contribution in [0.5, 0.6) is 0 Å². The van der Waals surface area contributed by atoms with Gasteiger partial charge in [-0.3, -0.25) is 4.79 Å². The van der Waals surface area contributed by atoms with Crippen molar-refractivity contribution in [3.63, 3.8) is 0 Å². The van der Waals surface area contributed by atoms with Crippen LogP contribution in [0.2, 0.25) is 0 Å². The van der Waals surface area contributed by atoms with E-state index in [-0.39, 0.29) is 28.8 Å². The Labute approximate surface area is 203 Å². The van der Waals surface area contributed by atoms with E-state index < -0.39 is 0 Å². The average Bonchev–Trinajstić information content (AvgIpc) is 3.07. The molecule has 4 aliphatic carbocycles. The smallest absolute Gasteiger partial charge is 0.309 e. The predicted molar refractivity (Wildman–Crippen MR) is 135 cm³/mol. The number of hydrogen-bond donors (Lipinski definition) is 1. The molecule has 3 fully saturated rings. The van der Waals surface area contributed by atoms with Gasteiger partial charge in [-0.05, 0) is 98.2 Å². The summed E-state index contributed by atoms with van der Waals surface area (Å²) in [6.45, 7) is 14.5. The molecule has 4 aliphatic rings. The summed E-state index contributed by atoms with van der Waals surface area (Å²) in [4.78, 5) is 13.3. The monoisotopic (exact) mass is 458 g/mol. The molecule has 0 heterocycles. The third-order valence-corrected chi connectivity index (χ3v) is 10.9. The zero-order chi connectivity index (χ0) is 24.0. The van der Waals surface area contributed by atoms with Crippen LogP contribution in [0.4, 0.5) is 0 Å². The van der Waals surface area contributed by atoms with Crippen molar-refractivity contribution in [2.45, 2.75) is 112 Å². The number of carbonyl (C=O) groups is 1. The third kappa shape index (κ3) is 4.45. The van der Waals surface area contributed by atoms with Crippen molar-refractivity contribution in [2.75, 3.05) is 6.61 Å². The summed E-state index contributed by atoms with van der Waals surface area (Å²) in [6.07, 6.45) is 13.8. The molecule has 9 atom stereocenters. The second-order valence-electron chi connectivity index (χ2n) is 13.1. The standard InChI is InChI=1S/C30H50O3/c1-7-33-28(32)24-18-26-23-12-11-21-17-22(31)13-15-29(21,5)25(23)14-16-30(26,6)27(24)20(4)10-8-9-19(2)3/h11,19-20,22-27,31H,7-10,12-18H2,1-6H3/t20-,22+,23-,24?,25+,26+,27+,29+,30+/m1/s1. The maximum atomic E-state index is 13.3. The Balaban J connectivity index is 1.61. The second kappa shape index (κ2) is 9.67. The molecule has 0 saturated heterocycles. The summed E-state index contributed by atoms with van der Waals surface area (Å²) in [7, 11) is 0. The number of fused-ring (bicyclic) bond motifs is 5. The van der Waals surface area contributed by atoms with E-state index >= 15 is 0 Å². The highest BCUT2D eigenvalue weighted by Crippen LogP contribution is 2.68.